The summed E-state index contributed by atoms with van der Waals surface area (Å²) in [6.07, 6.45) is 1.36. The summed E-state index contributed by atoms with van der Waals surface area (Å²) in [7, 11) is 0. The Labute approximate surface area is 111 Å². The second-order valence-electron chi connectivity index (χ2n) is 4.73. The molecule has 0 atom stereocenters. The van der Waals surface area contributed by atoms with Gasteiger partial charge in [-0.1, -0.05) is 11.6 Å². The molecule has 1 aromatic carbocycles. The van der Waals surface area contributed by atoms with Crippen molar-refractivity contribution in [2.75, 3.05) is 18.5 Å². The molecule has 1 heterocycles. The number of hydrogen-bond acceptors (Lipinski definition) is 3. The lowest BCUT2D eigenvalue weighted by Crippen LogP contribution is -2.29. The average Bonchev–Trinajstić information content (AvgIpc) is 2.41. The number of hydrogen-bond donors (Lipinski definition) is 2. The number of carboxylic acid groups (broad SMARTS) is 1. The standard InChI is InChI=1S/C14H17NO4/c1-9-2-3-12(11(8-9)14(17)18)15-13(16)10-4-6-19-7-5-10/h2-3,8,10H,4-7H2,1H3,(H,15,16)(H,17,18). The molecule has 0 radical (unpaired) electrons. The van der Waals surface area contributed by atoms with Gasteiger partial charge in [0.05, 0.1) is 11.3 Å². The highest BCUT2D eigenvalue weighted by Crippen LogP contribution is 2.21. The van der Waals surface area contributed by atoms with Gasteiger partial charge >= 0.3 is 5.97 Å². The fraction of sp³-hybridized carbons (Fsp3) is 0.429. The predicted molar refractivity (Wildman–Crippen MR) is 70.3 cm³/mol. The monoisotopic (exact) mass is 263 g/mol. The summed E-state index contributed by atoms with van der Waals surface area (Å²) < 4.78 is 5.20. The van der Waals surface area contributed by atoms with Crippen LogP contribution in [-0.4, -0.2) is 30.2 Å². The fourth-order valence-electron chi connectivity index (χ4n) is 2.14. The van der Waals surface area contributed by atoms with E-state index in [-0.39, 0.29) is 17.4 Å². The van der Waals surface area contributed by atoms with E-state index < -0.39 is 5.97 Å². The summed E-state index contributed by atoms with van der Waals surface area (Å²) in [5, 5.41) is 11.9. The van der Waals surface area contributed by atoms with Crippen molar-refractivity contribution in [3.8, 4) is 0 Å². The zero-order chi connectivity index (χ0) is 13.8. The molecule has 2 N–H and O–H groups in total. The van der Waals surface area contributed by atoms with E-state index in [1.807, 2.05) is 6.92 Å². The molecule has 5 heteroatoms. The van der Waals surface area contributed by atoms with Crippen LogP contribution in [0.25, 0.3) is 0 Å². The molecule has 0 bridgehead atoms. The van der Waals surface area contributed by atoms with Gasteiger partial charge in [0, 0.05) is 19.1 Å². The van der Waals surface area contributed by atoms with Crippen molar-refractivity contribution in [2.45, 2.75) is 19.8 Å². The van der Waals surface area contributed by atoms with Gasteiger partial charge in [0.1, 0.15) is 0 Å². The molecule has 1 saturated heterocycles. The number of benzene rings is 1. The van der Waals surface area contributed by atoms with Crippen LogP contribution < -0.4 is 5.32 Å². The summed E-state index contributed by atoms with van der Waals surface area (Å²) in [6.45, 7) is 2.98. The Bertz CT molecular complexity index is 492. The van der Waals surface area contributed by atoms with Crippen molar-refractivity contribution in [3.05, 3.63) is 29.3 Å². The lowest BCUT2D eigenvalue weighted by atomic mass is 9.99. The van der Waals surface area contributed by atoms with Crippen LogP contribution in [0.2, 0.25) is 0 Å². The Balaban J connectivity index is 2.13. The maximum atomic E-state index is 12.1. The predicted octanol–water partition coefficient (Wildman–Crippen LogP) is 2.06. The second-order valence-corrected chi connectivity index (χ2v) is 4.73. The van der Waals surface area contributed by atoms with E-state index in [9.17, 15) is 9.59 Å². The third-order valence-corrected chi connectivity index (χ3v) is 3.26. The van der Waals surface area contributed by atoms with Crippen LogP contribution in [0.3, 0.4) is 0 Å². The summed E-state index contributed by atoms with van der Waals surface area (Å²) in [6, 6.07) is 4.98. The van der Waals surface area contributed by atoms with Gasteiger partial charge < -0.3 is 15.2 Å². The van der Waals surface area contributed by atoms with Crippen molar-refractivity contribution in [1.29, 1.82) is 0 Å². The smallest absolute Gasteiger partial charge is 0.337 e. The van der Waals surface area contributed by atoms with Crippen LogP contribution in [0.4, 0.5) is 5.69 Å². The molecule has 1 aromatic rings. The van der Waals surface area contributed by atoms with Crippen molar-refractivity contribution in [2.24, 2.45) is 5.92 Å². The summed E-state index contributed by atoms with van der Waals surface area (Å²) in [5.41, 5.74) is 1.33. The largest absolute Gasteiger partial charge is 0.478 e. The van der Waals surface area contributed by atoms with Gasteiger partial charge in [-0.3, -0.25) is 4.79 Å². The molecule has 1 amide bonds. The molecule has 2 rings (SSSR count). The summed E-state index contributed by atoms with van der Waals surface area (Å²) in [5.74, 6) is -1.27. The molecule has 1 aliphatic heterocycles. The van der Waals surface area contributed by atoms with E-state index in [4.69, 9.17) is 9.84 Å². The molecule has 0 spiro atoms. The van der Waals surface area contributed by atoms with Gasteiger partial charge in [0.15, 0.2) is 0 Å². The second kappa shape index (κ2) is 5.84. The number of carboxylic acids is 1. The number of aryl methyl sites for hydroxylation is 1. The topological polar surface area (TPSA) is 75.6 Å². The van der Waals surface area contributed by atoms with Crippen LogP contribution in [-0.2, 0) is 9.53 Å². The molecule has 102 valence electrons. The lowest BCUT2D eigenvalue weighted by Gasteiger charge is -2.21. The van der Waals surface area contributed by atoms with E-state index in [1.165, 1.54) is 0 Å². The first-order chi connectivity index (χ1) is 9.08. The lowest BCUT2D eigenvalue weighted by molar-refractivity contribution is -0.122. The van der Waals surface area contributed by atoms with Gasteiger partial charge in [-0.05, 0) is 31.9 Å². The molecule has 0 aromatic heterocycles. The van der Waals surface area contributed by atoms with E-state index in [0.29, 0.717) is 31.7 Å². The number of aromatic carboxylic acids is 1. The molecule has 1 fully saturated rings. The van der Waals surface area contributed by atoms with Crippen molar-refractivity contribution in [1.82, 2.24) is 0 Å². The first-order valence-electron chi connectivity index (χ1n) is 6.30. The van der Waals surface area contributed by atoms with Gasteiger partial charge in [0.2, 0.25) is 5.91 Å². The maximum absolute atomic E-state index is 12.1. The van der Waals surface area contributed by atoms with Gasteiger partial charge in [-0.15, -0.1) is 0 Å². The van der Waals surface area contributed by atoms with Crippen LogP contribution in [0.1, 0.15) is 28.8 Å². The number of carbonyl (C=O) groups is 2. The molecule has 0 aliphatic carbocycles. The minimum atomic E-state index is -1.04. The maximum Gasteiger partial charge on any atom is 0.337 e. The zero-order valence-corrected chi connectivity index (χ0v) is 10.8. The molecule has 0 unspecified atom stereocenters. The quantitative estimate of drug-likeness (QED) is 0.875. The molecular formula is C14H17NO4. The highest BCUT2D eigenvalue weighted by Gasteiger charge is 2.23. The minimum Gasteiger partial charge on any atom is -0.478 e. The van der Waals surface area contributed by atoms with Crippen molar-refractivity contribution >= 4 is 17.6 Å². The Morgan fingerprint density at radius 2 is 2.00 bits per heavy atom. The Morgan fingerprint density at radius 1 is 1.32 bits per heavy atom. The first-order valence-corrected chi connectivity index (χ1v) is 6.30. The number of ether oxygens (including phenoxy) is 1. The SMILES string of the molecule is Cc1ccc(NC(=O)C2CCOCC2)c(C(=O)O)c1. The third-order valence-electron chi connectivity index (χ3n) is 3.26. The Hall–Kier alpha value is -1.88. The molecule has 1 aliphatic rings. The number of rotatable bonds is 3. The zero-order valence-electron chi connectivity index (χ0n) is 10.8. The number of anilines is 1. The Kier molecular flexibility index (Phi) is 4.16. The molecule has 5 nitrogen and oxygen atoms in total. The fourth-order valence-corrected chi connectivity index (χ4v) is 2.14. The highest BCUT2D eigenvalue weighted by molar-refractivity contribution is 6.01. The van der Waals surface area contributed by atoms with E-state index in [1.54, 1.807) is 18.2 Å². The Morgan fingerprint density at radius 3 is 2.63 bits per heavy atom. The van der Waals surface area contributed by atoms with Gasteiger partial charge in [-0.25, -0.2) is 4.79 Å². The van der Waals surface area contributed by atoms with E-state index in [2.05, 4.69) is 5.32 Å². The third kappa shape index (κ3) is 3.32. The summed E-state index contributed by atoms with van der Waals surface area (Å²) in [4.78, 5) is 23.2. The van der Waals surface area contributed by atoms with Crippen LogP contribution in [0.5, 0.6) is 0 Å². The van der Waals surface area contributed by atoms with Gasteiger partial charge in [-0.2, -0.15) is 0 Å². The summed E-state index contributed by atoms with van der Waals surface area (Å²) >= 11 is 0. The van der Waals surface area contributed by atoms with E-state index >= 15 is 0 Å². The molecular weight excluding hydrogens is 246 g/mol. The molecule has 19 heavy (non-hydrogen) atoms. The number of carbonyl (C=O) groups excluding carboxylic acids is 1. The van der Waals surface area contributed by atoms with Crippen LogP contribution in [0.15, 0.2) is 18.2 Å². The van der Waals surface area contributed by atoms with E-state index in [0.717, 1.165) is 5.56 Å². The molecule has 0 saturated carbocycles. The van der Waals surface area contributed by atoms with Crippen molar-refractivity contribution < 1.29 is 19.4 Å². The van der Waals surface area contributed by atoms with Crippen LogP contribution >= 0.6 is 0 Å². The number of amides is 1. The average molecular weight is 263 g/mol. The normalized spacial score (nSPS) is 16.1. The van der Waals surface area contributed by atoms with Crippen molar-refractivity contribution in [3.63, 3.8) is 0 Å². The first kappa shape index (κ1) is 13.5. The minimum absolute atomic E-state index is 0.100. The number of nitrogens with one attached hydrogen (secondary N) is 1. The van der Waals surface area contributed by atoms with Gasteiger partial charge in [0.25, 0.3) is 0 Å². The van der Waals surface area contributed by atoms with Crippen LogP contribution in [0, 0.1) is 12.8 Å². The highest BCUT2D eigenvalue weighted by atomic mass is 16.5.